The molecular weight excluding hydrogens is 646 g/mol. The van der Waals surface area contributed by atoms with Crippen LogP contribution in [-0.2, 0) is 16.1 Å². The summed E-state index contributed by atoms with van der Waals surface area (Å²) in [5.41, 5.74) is 2.93. The minimum atomic E-state index is -1.02. The van der Waals surface area contributed by atoms with E-state index in [4.69, 9.17) is 14.5 Å². The molecule has 11 heteroatoms. The number of carboxylic acid groups (broad SMARTS) is 1. The number of nitrogens with one attached hydrogen (secondary N) is 1. The second kappa shape index (κ2) is 14.1. The predicted molar refractivity (Wildman–Crippen MR) is 174 cm³/mol. The van der Waals surface area contributed by atoms with Crippen molar-refractivity contribution in [1.29, 1.82) is 0 Å². The number of carboxylic acids is 1. The molecule has 2 amide bonds. The number of rotatable bonds is 10. The van der Waals surface area contributed by atoms with Crippen molar-refractivity contribution in [3.8, 4) is 11.5 Å². The van der Waals surface area contributed by atoms with Gasteiger partial charge in [0, 0.05) is 10.2 Å². The maximum absolute atomic E-state index is 13.7. The van der Waals surface area contributed by atoms with E-state index in [1.165, 1.54) is 31.0 Å². The highest BCUT2D eigenvalue weighted by Crippen LogP contribution is 2.39. The fourth-order valence-corrected chi connectivity index (χ4v) is 5.64. The molecule has 44 heavy (non-hydrogen) atoms. The summed E-state index contributed by atoms with van der Waals surface area (Å²) in [6, 6.07) is 28.2. The maximum atomic E-state index is 13.7. The molecule has 0 spiro atoms. The average Bonchev–Trinajstić information content (AvgIpc) is 3.31. The van der Waals surface area contributed by atoms with E-state index in [1.54, 1.807) is 47.4 Å². The third-order valence-electron chi connectivity index (χ3n) is 6.40. The fourth-order valence-electron chi connectivity index (χ4n) is 4.22. The molecule has 1 saturated heterocycles. The number of carbonyl (C=O) groups excluding carboxylic acids is 2. The molecule has 0 unspecified atom stereocenters. The van der Waals surface area contributed by atoms with E-state index >= 15 is 0 Å². The Hall–Kier alpha value is -4.87. The van der Waals surface area contributed by atoms with Crippen molar-refractivity contribution in [3.63, 3.8) is 0 Å². The Bertz CT molecular complexity index is 1750. The first-order chi connectivity index (χ1) is 21.3. The monoisotopic (exact) mass is 671 g/mol. The van der Waals surface area contributed by atoms with Gasteiger partial charge in [-0.1, -0.05) is 64.5 Å². The molecular formula is C33H26BrN3O6S. The lowest BCUT2D eigenvalue weighted by atomic mass is 10.1. The molecule has 9 nitrogen and oxygen atoms in total. The van der Waals surface area contributed by atoms with Crippen LogP contribution in [0.15, 0.2) is 111 Å². The van der Waals surface area contributed by atoms with Gasteiger partial charge >= 0.3 is 5.97 Å². The number of para-hydroxylation sites is 2. The molecule has 4 aromatic rings. The Morgan fingerprint density at radius 3 is 2.32 bits per heavy atom. The Morgan fingerprint density at radius 2 is 1.66 bits per heavy atom. The zero-order valence-corrected chi connectivity index (χ0v) is 25.8. The second-order valence-corrected chi connectivity index (χ2v) is 11.3. The van der Waals surface area contributed by atoms with Gasteiger partial charge in [-0.15, -0.1) is 0 Å². The summed E-state index contributed by atoms with van der Waals surface area (Å²) in [6.45, 7) is -0.0226. The minimum absolute atomic E-state index is 0.165. The number of carbonyl (C=O) groups is 3. The van der Waals surface area contributed by atoms with Crippen LogP contribution < -0.4 is 14.8 Å². The van der Waals surface area contributed by atoms with Crippen molar-refractivity contribution >= 4 is 68.1 Å². The number of amides is 2. The Balaban J connectivity index is 1.38. The highest BCUT2D eigenvalue weighted by Gasteiger charge is 2.34. The van der Waals surface area contributed by atoms with E-state index < -0.39 is 5.97 Å². The molecule has 5 rings (SSSR count). The van der Waals surface area contributed by atoms with E-state index in [2.05, 4.69) is 21.2 Å². The molecule has 0 saturated carbocycles. The molecule has 0 atom stereocenters. The zero-order valence-electron chi connectivity index (χ0n) is 23.4. The summed E-state index contributed by atoms with van der Waals surface area (Å²) >= 11 is 4.79. The summed E-state index contributed by atoms with van der Waals surface area (Å²) in [5.74, 6) is -0.856. The molecule has 4 aromatic carbocycles. The van der Waals surface area contributed by atoms with Crippen LogP contribution in [0.1, 0.15) is 21.5 Å². The van der Waals surface area contributed by atoms with Crippen molar-refractivity contribution < 1.29 is 29.0 Å². The Labute approximate surface area is 266 Å². The molecule has 1 aliphatic heterocycles. The van der Waals surface area contributed by atoms with Crippen LogP contribution in [0.3, 0.4) is 0 Å². The van der Waals surface area contributed by atoms with Crippen LogP contribution in [-0.4, -0.2) is 46.7 Å². The quantitative estimate of drug-likeness (QED) is 0.175. The number of nitrogens with zero attached hydrogens (tertiary/aromatic N) is 2. The van der Waals surface area contributed by atoms with Gasteiger partial charge in [-0.05, 0) is 77.5 Å². The van der Waals surface area contributed by atoms with Crippen LogP contribution in [0, 0.1) is 0 Å². The van der Waals surface area contributed by atoms with Crippen molar-refractivity contribution in [2.24, 2.45) is 4.99 Å². The van der Waals surface area contributed by atoms with E-state index in [-0.39, 0.29) is 30.5 Å². The van der Waals surface area contributed by atoms with Crippen LogP contribution in [0.4, 0.5) is 11.4 Å². The molecule has 2 N–H and O–H groups in total. The third-order valence-corrected chi connectivity index (χ3v) is 8.09. The molecule has 0 bridgehead atoms. The maximum Gasteiger partial charge on any atom is 0.335 e. The smallest absolute Gasteiger partial charge is 0.335 e. The van der Waals surface area contributed by atoms with Crippen molar-refractivity contribution in [2.75, 3.05) is 19.0 Å². The summed E-state index contributed by atoms with van der Waals surface area (Å²) in [4.78, 5) is 44.1. The van der Waals surface area contributed by atoms with Gasteiger partial charge in [0.1, 0.15) is 0 Å². The predicted octanol–water partition coefficient (Wildman–Crippen LogP) is 6.98. The lowest BCUT2D eigenvalue weighted by molar-refractivity contribution is -0.122. The number of hydrogen-bond donors (Lipinski definition) is 2. The number of aliphatic imine (C=N–C) groups is 1. The van der Waals surface area contributed by atoms with E-state index in [0.717, 1.165) is 5.56 Å². The number of thioether (sulfide) groups is 1. The van der Waals surface area contributed by atoms with Crippen LogP contribution >= 0.6 is 27.7 Å². The topological polar surface area (TPSA) is 118 Å². The van der Waals surface area contributed by atoms with Gasteiger partial charge in [0.05, 0.1) is 29.8 Å². The first kappa shape index (κ1) is 30.6. The number of anilines is 1. The summed E-state index contributed by atoms with van der Waals surface area (Å²) < 4.78 is 11.9. The Kier molecular flexibility index (Phi) is 9.78. The number of benzene rings is 4. The summed E-state index contributed by atoms with van der Waals surface area (Å²) in [6.07, 6.45) is 1.74. The number of ether oxygens (including phenoxy) is 2. The van der Waals surface area contributed by atoms with Gasteiger partial charge in [-0.25, -0.2) is 9.79 Å². The fraction of sp³-hybridized carbons (Fsp3) is 0.0909. The second-order valence-electron chi connectivity index (χ2n) is 9.46. The molecule has 1 heterocycles. The standard InChI is InChI=1S/C33H26BrN3O6S/c1-42-27-16-23(26(34)18-28(27)43-20-30(38)35-24-8-4-2-5-9-24)17-29-31(39)37(19-21-12-14-22(15-13-21)32(40)41)33(44-29)36-25-10-6-3-7-11-25/h2-18H,19-20H2,1H3,(H,35,38)(H,40,41)/b29-17-,36-33?. The third kappa shape index (κ3) is 7.55. The van der Waals surface area contributed by atoms with E-state index in [9.17, 15) is 19.5 Å². The van der Waals surface area contributed by atoms with Gasteiger partial charge in [-0.3, -0.25) is 14.5 Å². The van der Waals surface area contributed by atoms with E-state index in [0.29, 0.717) is 43.0 Å². The van der Waals surface area contributed by atoms with Crippen molar-refractivity contribution in [2.45, 2.75) is 6.54 Å². The van der Waals surface area contributed by atoms with E-state index in [1.807, 2.05) is 48.5 Å². The molecule has 1 aliphatic rings. The zero-order chi connectivity index (χ0) is 31.1. The first-order valence-corrected chi connectivity index (χ1v) is 14.9. The molecule has 1 fully saturated rings. The van der Waals surface area contributed by atoms with Gasteiger partial charge in [0.25, 0.3) is 11.8 Å². The molecule has 0 aliphatic carbocycles. The lowest BCUT2D eigenvalue weighted by Gasteiger charge is -2.16. The number of amidine groups is 1. The van der Waals surface area contributed by atoms with Gasteiger partial charge < -0.3 is 19.9 Å². The number of methoxy groups -OCH3 is 1. The van der Waals surface area contributed by atoms with Crippen LogP contribution in [0.25, 0.3) is 6.08 Å². The average molecular weight is 673 g/mol. The van der Waals surface area contributed by atoms with Crippen LogP contribution in [0.2, 0.25) is 0 Å². The van der Waals surface area contributed by atoms with Gasteiger partial charge in [0.2, 0.25) is 0 Å². The van der Waals surface area contributed by atoms with Crippen molar-refractivity contribution in [3.05, 3.63) is 123 Å². The molecule has 0 radical (unpaired) electrons. The number of hydrogen-bond acceptors (Lipinski definition) is 7. The summed E-state index contributed by atoms with van der Waals surface area (Å²) in [5, 5.41) is 12.5. The van der Waals surface area contributed by atoms with Crippen molar-refractivity contribution in [1.82, 2.24) is 4.90 Å². The molecule has 0 aromatic heterocycles. The normalized spacial score (nSPS) is 14.6. The largest absolute Gasteiger partial charge is 0.493 e. The number of aromatic carboxylic acids is 1. The SMILES string of the molecule is COc1cc(/C=C2\SC(=Nc3ccccc3)N(Cc3ccc(C(=O)O)cc3)C2=O)c(Br)cc1OCC(=O)Nc1ccccc1. The van der Waals surface area contributed by atoms with Gasteiger partial charge in [0.15, 0.2) is 23.3 Å². The molecule has 222 valence electrons. The van der Waals surface area contributed by atoms with Crippen LogP contribution in [0.5, 0.6) is 11.5 Å². The van der Waals surface area contributed by atoms with Gasteiger partial charge in [-0.2, -0.15) is 0 Å². The minimum Gasteiger partial charge on any atom is -0.493 e. The highest BCUT2D eigenvalue weighted by molar-refractivity contribution is 9.10. The number of halogens is 1. The highest BCUT2D eigenvalue weighted by atomic mass is 79.9. The summed E-state index contributed by atoms with van der Waals surface area (Å²) in [7, 11) is 1.49. The Morgan fingerprint density at radius 1 is 0.977 bits per heavy atom. The first-order valence-electron chi connectivity index (χ1n) is 13.3. The lowest BCUT2D eigenvalue weighted by Crippen LogP contribution is -2.28.